The average Bonchev–Trinajstić information content (AvgIpc) is 3.10. The fourth-order valence-electron chi connectivity index (χ4n) is 2.45. The molecule has 0 amide bonds. The summed E-state index contributed by atoms with van der Waals surface area (Å²) in [5, 5.41) is 0. The molecule has 5 heteroatoms. The van der Waals surface area contributed by atoms with Gasteiger partial charge in [-0.25, -0.2) is 8.42 Å². The van der Waals surface area contributed by atoms with E-state index in [-0.39, 0.29) is 29.3 Å². The lowest BCUT2D eigenvalue weighted by Gasteiger charge is -2.14. The Morgan fingerprint density at radius 1 is 1.30 bits per heavy atom. The maximum absolute atomic E-state index is 12.3. The first-order valence-electron chi connectivity index (χ1n) is 6.68. The van der Waals surface area contributed by atoms with Gasteiger partial charge in [0.2, 0.25) is 0 Å². The summed E-state index contributed by atoms with van der Waals surface area (Å²) in [6.45, 7) is 1.91. The molecule has 0 aliphatic heterocycles. The molecule has 0 bridgehead atoms. The molecule has 1 aromatic carbocycles. The Kier molecular flexibility index (Phi) is 4.18. The Labute approximate surface area is 120 Å². The van der Waals surface area contributed by atoms with Crippen molar-refractivity contribution in [2.24, 2.45) is 5.41 Å². The lowest BCUT2D eigenvalue weighted by Crippen LogP contribution is -2.22. The molecule has 1 fully saturated rings. The van der Waals surface area contributed by atoms with Crippen LogP contribution in [0.15, 0.2) is 24.3 Å². The summed E-state index contributed by atoms with van der Waals surface area (Å²) in [6, 6.07) is 7.49. The zero-order chi connectivity index (χ0) is 14.8. The summed E-state index contributed by atoms with van der Waals surface area (Å²) in [4.78, 5) is 11.3. The Hall–Kier alpha value is -1.36. The van der Waals surface area contributed by atoms with Crippen molar-refractivity contribution in [3.8, 4) is 0 Å². The minimum atomic E-state index is -3.21. The number of carbonyl (C=O) groups is 1. The minimum absolute atomic E-state index is 0.0442. The Balaban J connectivity index is 2.05. The lowest BCUT2D eigenvalue weighted by atomic mass is 10.1. The smallest absolute Gasteiger partial charge is 0.306 e. The number of hydrogen-bond acceptors (Lipinski definition) is 4. The van der Waals surface area contributed by atoms with Crippen LogP contribution in [0.2, 0.25) is 0 Å². The summed E-state index contributed by atoms with van der Waals surface area (Å²) >= 11 is 0. The van der Waals surface area contributed by atoms with Crippen LogP contribution < -0.4 is 0 Å². The second-order valence-corrected chi connectivity index (χ2v) is 7.78. The number of sulfone groups is 1. The van der Waals surface area contributed by atoms with E-state index in [1.807, 2.05) is 31.2 Å². The quantitative estimate of drug-likeness (QED) is 0.755. The Morgan fingerprint density at radius 3 is 2.50 bits per heavy atom. The molecule has 0 N–H and O–H groups in total. The second-order valence-electron chi connectivity index (χ2n) is 5.71. The van der Waals surface area contributed by atoms with E-state index in [0.717, 1.165) is 24.0 Å². The fourth-order valence-corrected chi connectivity index (χ4v) is 4.68. The maximum atomic E-state index is 12.3. The molecule has 2 rings (SSSR count). The van der Waals surface area contributed by atoms with Crippen LogP contribution in [0.1, 0.15) is 30.4 Å². The fraction of sp³-hybridized carbons (Fsp3) is 0.533. The summed E-state index contributed by atoms with van der Waals surface area (Å²) < 4.78 is 29.3. The molecule has 0 atom stereocenters. The van der Waals surface area contributed by atoms with Crippen LogP contribution in [0.3, 0.4) is 0 Å². The summed E-state index contributed by atoms with van der Waals surface area (Å²) in [5.41, 5.74) is 1.43. The second kappa shape index (κ2) is 5.56. The van der Waals surface area contributed by atoms with Gasteiger partial charge in [0, 0.05) is 0 Å². The zero-order valence-electron chi connectivity index (χ0n) is 11.9. The van der Waals surface area contributed by atoms with Gasteiger partial charge in [0.15, 0.2) is 9.84 Å². The number of methoxy groups -OCH3 is 1. The van der Waals surface area contributed by atoms with Crippen LogP contribution >= 0.6 is 0 Å². The predicted octanol–water partition coefficient (Wildman–Crippen LogP) is 2.25. The average molecular weight is 296 g/mol. The van der Waals surface area contributed by atoms with E-state index in [0.29, 0.717) is 0 Å². The molecule has 1 aliphatic carbocycles. The van der Waals surface area contributed by atoms with E-state index >= 15 is 0 Å². The SMILES string of the molecule is COC(=O)CC1(CS(=O)(=O)Cc2ccccc2C)CC1. The highest BCUT2D eigenvalue weighted by molar-refractivity contribution is 7.90. The first kappa shape index (κ1) is 15.0. The van der Waals surface area contributed by atoms with Crippen LogP contribution in [-0.4, -0.2) is 27.2 Å². The number of rotatable bonds is 6. The van der Waals surface area contributed by atoms with Gasteiger partial charge in [0.25, 0.3) is 0 Å². The van der Waals surface area contributed by atoms with E-state index in [9.17, 15) is 13.2 Å². The van der Waals surface area contributed by atoms with Gasteiger partial charge in [0.1, 0.15) is 0 Å². The Morgan fingerprint density at radius 2 is 1.95 bits per heavy atom. The zero-order valence-corrected chi connectivity index (χ0v) is 12.7. The number of ether oxygens (including phenoxy) is 1. The first-order valence-corrected chi connectivity index (χ1v) is 8.50. The highest BCUT2D eigenvalue weighted by Crippen LogP contribution is 2.50. The maximum Gasteiger partial charge on any atom is 0.306 e. The molecule has 0 aromatic heterocycles. The van der Waals surface area contributed by atoms with Gasteiger partial charge in [0.05, 0.1) is 25.0 Å². The van der Waals surface area contributed by atoms with E-state index in [1.165, 1.54) is 7.11 Å². The predicted molar refractivity (Wildman–Crippen MR) is 77.0 cm³/mol. The summed E-state index contributed by atoms with van der Waals surface area (Å²) in [5.74, 6) is -0.208. The van der Waals surface area contributed by atoms with E-state index in [1.54, 1.807) is 0 Å². The lowest BCUT2D eigenvalue weighted by molar-refractivity contribution is -0.141. The topological polar surface area (TPSA) is 60.4 Å². The number of carbonyl (C=O) groups excluding carboxylic acids is 1. The van der Waals surface area contributed by atoms with Crippen molar-refractivity contribution in [2.45, 2.75) is 31.9 Å². The van der Waals surface area contributed by atoms with Gasteiger partial charge in [-0.3, -0.25) is 4.79 Å². The van der Waals surface area contributed by atoms with E-state index in [2.05, 4.69) is 4.74 Å². The molecule has 1 aliphatic rings. The standard InChI is InChI=1S/C15H20O4S/c1-12-5-3-4-6-13(12)10-20(17,18)11-15(7-8-15)9-14(16)19-2/h3-6H,7-11H2,1-2H3. The van der Waals surface area contributed by atoms with E-state index < -0.39 is 9.84 Å². The summed E-state index contributed by atoms with van der Waals surface area (Å²) in [6.07, 6.45) is 1.78. The molecule has 0 radical (unpaired) electrons. The van der Waals surface area contributed by atoms with Crippen molar-refractivity contribution in [1.82, 2.24) is 0 Å². The molecule has 0 spiro atoms. The third kappa shape index (κ3) is 3.82. The molecule has 1 saturated carbocycles. The largest absolute Gasteiger partial charge is 0.469 e. The molecule has 0 heterocycles. The normalized spacial score (nSPS) is 16.7. The third-order valence-electron chi connectivity index (χ3n) is 3.87. The number of esters is 1. The van der Waals surface area contributed by atoms with Gasteiger partial charge in [-0.2, -0.15) is 0 Å². The first-order chi connectivity index (χ1) is 9.36. The molecule has 1 aromatic rings. The van der Waals surface area contributed by atoms with Gasteiger partial charge in [-0.05, 0) is 36.3 Å². The number of benzene rings is 1. The molecule has 0 saturated heterocycles. The van der Waals surface area contributed by atoms with Crippen LogP contribution in [0.5, 0.6) is 0 Å². The molecule has 110 valence electrons. The van der Waals surface area contributed by atoms with Crippen LogP contribution in [0, 0.1) is 12.3 Å². The van der Waals surface area contributed by atoms with Crippen LogP contribution in [0.25, 0.3) is 0 Å². The van der Waals surface area contributed by atoms with Gasteiger partial charge in [-0.15, -0.1) is 0 Å². The monoisotopic (exact) mass is 296 g/mol. The highest BCUT2D eigenvalue weighted by atomic mass is 32.2. The van der Waals surface area contributed by atoms with Crippen LogP contribution in [0.4, 0.5) is 0 Å². The summed E-state index contributed by atoms with van der Waals surface area (Å²) in [7, 11) is -1.88. The number of hydrogen-bond donors (Lipinski definition) is 0. The molecular weight excluding hydrogens is 276 g/mol. The minimum Gasteiger partial charge on any atom is -0.469 e. The molecule has 4 nitrogen and oxygen atoms in total. The van der Waals surface area contributed by atoms with E-state index in [4.69, 9.17) is 0 Å². The van der Waals surface area contributed by atoms with Crippen molar-refractivity contribution < 1.29 is 17.9 Å². The van der Waals surface area contributed by atoms with Gasteiger partial charge in [-0.1, -0.05) is 24.3 Å². The highest BCUT2D eigenvalue weighted by Gasteiger charge is 2.47. The van der Waals surface area contributed by atoms with Crippen molar-refractivity contribution in [3.05, 3.63) is 35.4 Å². The van der Waals surface area contributed by atoms with Crippen LogP contribution in [-0.2, 0) is 25.1 Å². The van der Waals surface area contributed by atoms with Crippen molar-refractivity contribution in [2.75, 3.05) is 12.9 Å². The molecule has 0 unspecified atom stereocenters. The van der Waals surface area contributed by atoms with Crippen molar-refractivity contribution >= 4 is 15.8 Å². The van der Waals surface area contributed by atoms with Crippen molar-refractivity contribution in [3.63, 3.8) is 0 Å². The molecular formula is C15H20O4S. The van der Waals surface area contributed by atoms with Crippen molar-refractivity contribution in [1.29, 1.82) is 0 Å². The Bertz CT molecular complexity index is 600. The number of aryl methyl sites for hydroxylation is 1. The van der Waals surface area contributed by atoms with Gasteiger partial charge < -0.3 is 4.74 Å². The molecule has 20 heavy (non-hydrogen) atoms. The van der Waals surface area contributed by atoms with Gasteiger partial charge >= 0.3 is 5.97 Å². The third-order valence-corrected chi connectivity index (χ3v) is 5.67.